The monoisotopic (exact) mass is 243 g/mol. The van der Waals surface area contributed by atoms with Crippen molar-refractivity contribution in [3.05, 3.63) is 0 Å². The van der Waals surface area contributed by atoms with Crippen LogP contribution in [0.15, 0.2) is 0 Å². The topological polar surface area (TPSA) is 49.8 Å². The van der Waals surface area contributed by atoms with E-state index in [0.717, 1.165) is 6.42 Å². The number of hydrogen-bond donors (Lipinski definition) is 1. The van der Waals surface area contributed by atoms with Gasteiger partial charge in [-0.05, 0) is 33.1 Å². The van der Waals surface area contributed by atoms with Crippen LogP contribution in [0.5, 0.6) is 0 Å². The molecule has 2 atom stereocenters. The number of aliphatic hydroxyl groups excluding tert-OH is 1. The molecule has 0 spiro atoms. The fourth-order valence-corrected chi connectivity index (χ4v) is 2.06. The van der Waals surface area contributed by atoms with Crippen LogP contribution < -0.4 is 0 Å². The minimum Gasteiger partial charge on any atom is -0.444 e. The van der Waals surface area contributed by atoms with E-state index < -0.39 is 5.60 Å². The van der Waals surface area contributed by atoms with Crippen molar-refractivity contribution >= 4 is 6.09 Å². The van der Waals surface area contributed by atoms with Crippen LogP contribution in [0.2, 0.25) is 0 Å². The molecule has 0 saturated carbocycles. The molecule has 2 unspecified atom stereocenters. The molecule has 1 amide bonds. The Kier molecular flexibility index (Phi) is 4.07. The zero-order valence-electron chi connectivity index (χ0n) is 11.6. The van der Waals surface area contributed by atoms with Gasteiger partial charge in [-0.3, -0.25) is 0 Å². The summed E-state index contributed by atoms with van der Waals surface area (Å²) in [6.45, 7) is 11.1. The Bertz CT molecular complexity index is 285. The van der Waals surface area contributed by atoms with E-state index in [1.54, 1.807) is 4.90 Å². The van der Waals surface area contributed by atoms with Crippen LogP contribution in [0.1, 0.15) is 41.0 Å². The molecule has 100 valence electrons. The maximum absolute atomic E-state index is 11.9. The SMILES string of the molecule is CC1CCN(C(=O)OC(C)(C)C)CC1(C)CO. The quantitative estimate of drug-likeness (QED) is 0.768. The third-order valence-electron chi connectivity index (χ3n) is 3.59. The van der Waals surface area contributed by atoms with E-state index in [-0.39, 0.29) is 18.1 Å². The molecule has 1 saturated heterocycles. The van der Waals surface area contributed by atoms with Crippen LogP contribution in [-0.4, -0.2) is 41.4 Å². The van der Waals surface area contributed by atoms with Crippen LogP contribution in [0.4, 0.5) is 4.79 Å². The van der Waals surface area contributed by atoms with Crippen LogP contribution in [0.3, 0.4) is 0 Å². The van der Waals surface area contributed by atoms with Gasteiger partial charge in [0.25, 0.3) is 0 Å². The average molecular weight is 243 g/mol. The van der Waals surface area contributed by atoms with Crippen LogP contribution >= 0.6 is 0 Å². The molecular weight excluding hydrogens is 218 g/mol. The van der Waals surface area contributed by atoms with E-state index in [4.69, 9.17) is 4.74 Å². The number of amides is 1. The first-order valence-electron chi connectivity index (χ1n) is 6.27. The molecule has 4 heteroatoms. The van der Waals surface area contributed by atoms with Crippen LogP contribution in [0.25, 0.3) is 0 Å². The normalized spacial score (nSPS) is 30.2. The first-order chi connectivity index (χ1) is 7.68. The molecule has 0 aromatic carbocycles. The van der Waals surface area contributed by atoms with Gasteiger partial charge in [0.2, 0.25) is 0 Å². The summed E-state index contributed by atoms with van der Waals surface area (Å²) in [5.74, 6) is 0.422. The Balaban J connectivity index is 2.66. The second-order valence-corrected chi connectivity index (χ2v) is 6.40. The van der Waals surface area contributed by atoms with Crippen molar-refractivity contribution in [1.29, 1.82) is 0 Å². The highest BCUT2D eigenvalue weighted by atomic mass is 16.6. The highest BCUT2D eigenvalue weighted by molar-refractivity contribution is 5.68. The van der Waals surface area contributed by atoms with Gasteiger partial charge in [0.15, 0.2) is 0 Å². The lowest BCUT2D eigenvalue weighted by Crippen LogP contribution is -2.51. The summed E-state index contributed by atoms with van der Waals surface area (Å²) >= 11 is 0. The summed E-state index contributed by atoms with van der Waals surface area (Å²) in [5.41, 5.74) is -0.676. The zero-order chi connectivity index (χ0) is 13.3. The molecule has 0 aromatic rings. The molecule has 4 nitrogen and oxygen atoms in total. The Hall–Kier alpha value is -0.770. The van der Waals surface area contributed by atoms with Crippen molar-refractivity contribution in [3.63, 3.8) is 0 Å². The summed E-state index contributed by atoms with van der Waals surface area (Å²) in [5, 5.41) is 9.47. The van der Waals surface area contributed by atoms with Gasteiger partial charge in [-0.25, -0.2) is 4.79 Å². The van der Waals surface area contributed by atoms with Gasteiger partial charge in [0, 0.05) is 18.5 Å². The molecule has 1 rings (SSSR count). The van der Waals surface area contributed by atoms with E-state index in [9.17, 15) is 9.90 Å². The maximum atomic E-state index is 11.9. The molecule has 0 aliphatic carbocycles. The summed E-state index contributed by atoms with van der Waals surface area (Å²) in [6, 6.07) is 0. The second-order valence-electron chi connectivity index (χ2n) is 6.40. The lowest BCUT2D eigenvalue weighted by molar-refractivity contribution is -0.0225. The minimum absolute atomic E-state index is 0.105. The molecule has 1 heterocycles. The van der Waals surface area contributed by atoms with E-state index in [1.807, 2.05) is 27.7 Å². The number of likely N-dealkylation sites (tertiary alicyclic amines) is 1. The zero-order valence-corrected chi connectivity index (χ0v) is 11.6. The molecule has 1 N–H and O–H groups in total. The van der Waals surface area contributed by atoms with Gasteiger partial charge in [-0.1, -0.05) is 13.8 Å². The third kappa shape index (κ3) is 3.60. The Morgan fingerprint density at radius 3 is 2.59 bits per heavy atom. The Labute approximate surface area is 104 Å². The fraction of sp³-hybridized carbons (Fsp3) is 0.923. The van der Waals surface area contributed by atoms with Gasteiger partial charge >= 0.3 is 6.09 Å². The van der Waals surface area contributed by atoms with Gasteiger partial charge in [0.1, 0.15) is 5.60 Å². The van der Waals surface area contributed by atoms with Gasteiger partial charge in [0.05, 0.1) is 6.61 Å². The van der Waals surface area contributed by atoms with Crippen molar-refractivity contribution in [3.8, 4) is 0 Å². The molecule has 0 bridgehead atoms. The van der Waals surface area contributed by atoms with Crippen LogP contribution in [-0.2, 0) is 4.74 Å². The summed E-state index contributed by atoms with van der Waals surface area (Å²) in [7, 11) is 0. The largest absolute Gasteiger partial charge is 0.444 e. The van der Waals surface area contributed by atoms with E-state index in [0.29, 0.717) is 19.0 Å². The van der Waals surface area contributed by atoms with Crippen molar-refractivity contribution in [2.45, 2.75) is 46.6 Å². The van der Waals surface area contributed by atoms with Gasteiger partial charge < -0.3 is 14.7 Å². The molecule has 1 aliphatic rings. The maximum Gasteiger partial charge on any atom is 0.410 e. The standard InChI is InChI=1S/C13H25NO3/c1-10-6-7-14(8-13(10,5)9-15)11(16)17-12(2,3)4/h10,15H,6-9H2,1-5H3. The number of hydrogen-bond acceptors (Lipinski definition) is 3. The third-order valence-corrected chi connectivity index (χ3v) is 3.59. The minimum atomic E-state index is -0.463. The number of rotatable bonds is 1. The number of piperidine rings is 1. The average Bonchev–Trinajstić information content (AvgIpc) is 2.19. The lowest BCUT2D eigenvalue weighted by atomic mass is 9.74. The Morgan fingerprint density at radius 2 is 2.12 bits per heavy atom. The number of carbonyl (C=O) groups excluding carboxylic acids is 1. The Morgan fingerprint density at radius 1 is 1.53 bits per heavy atom. The first-order valence-corrected chi connectivity index (χ1v) is 6.27. The lowest BCUT2D eigenvalue weighted by Gasteiger charge is -2.44. The van der Waals surface area contributed by atoms with E-state index >= 15 is 0 Å². The summed E-state index contributed by atoms with van der Waals surface area (Å²) < 4.78 is 5.36. The molecular formula is C13H25NO3. The van der Waals surface area contributed by atoms with E-state index in [2.05, 4.69) is 6.92 Å². The predicted molar refractivity (Wildman–Crippen MR) is 66.8 cm³/mol. The molecule has 1 aliphatic heterocycles. The van der Waals surface area contributed by atoms with Crippen molar-refractivity contribution in [2.24, 2.45) is 11.3 Å². The summed E-state index contributed by atoms with van der Waals surface area (Å²) in [4.78, 5) is 13.7. The highest BCUT2D eigenvalue weighted by Crippen LogP contribution is 2.34. The smallest absolute Gasteiger partial charge is 0.410 e. The van der Waals surface area contributed by atoms with Gasteiger partial charge in [-0.15, -0.1) is 0 Å². The number of nitrogens with zero attached hydrogens (tertiary/aromatic N) is 1. The summed E-state index contributed by atoms with van der Waals surface area (Å²) in [6.07, 6.45) is 0.639. The predicted octanol–water partition coefficient (Wildman–Crippen LogP) is 2.26. The first kappa shape index (κ1) is 14.3. The fourth-order valence-electron chi connectivity index (χ4n) is 2.06. The van der Waals surface area contributed by atoms with Gasteiger partial charge in [-0.2, -0.15) is 0 Å². The molecule has 0 aromatic heterocycles. The molecule has 17 heavy (non-hydrogen) atoms. The van der Waals surface area contributed by atoms with Crippen molar-refractivity contribution in [2.75, 3.05) is 19.7 Å². The van der Waals surface area contributed by atoms with Crippen molar-refractivity contribution in [1.82, 2.24) is 4.90 Å². The number of carbonyl (C=O) groups is 1. The van der Waals surface area contributed by atoms with Crippen LogP contribution in [0, 0.1) is 11.3 Å². The highest BCUT2D eigenvalue weighted by Gasteiger charge is 2.39. The molecule has 0 radical (unpaired) electrons. The van der Waals surface area contributed by atoms with E-state index in [1.165, 1.54) is 0 Å². The second kappa shape index (κ2) is 4.84. The van der Waals surface area contributed by atoms with Crippen molar-refractivity contribution < 1.29 is 14.6 Å². The molecule has 1 fully saturated rings. The number of aliphatic hydroxyl groups is 1. The number of ether oxygens (including phenoxy) is 1.